The maximum Gasteiger partial charge on any atom is 0.416 e. The highest BCUT2D eigenvalue weighted by atomic mass is 35.5. The summed E-state index contributed by atoms with van der Waals surface area (Å²) < 4.78 is 0. The molecule has 4 rings (SSSR count). The summed E-state index contributed by atoms with van der Waals surface area (Å²) in [5.74, 6) is 0.926. The molecule has 3 aromatic rings. The molecule has 1 aromatic heterocycles. The fourth-order valence-electron chi connectivity index (χ4n) is 3.49. The van der Waals surface area contributed by atoms with E-state index < -0.39 is 6.09 Å². The Morgan fingerprint density at radius 1 is 0.964 bits per heavy atom. The molecule has 28 heavy (non-hydrogen) atoms. The molecule has 6 heteroatoms. The molecule has 5 nitrogen and oxygen atoms in total. The van der Waals surface area contributed by atoms with Gasteiger partial charge in [-0.3, -0.25) is 0 Å². The minimum atomic E-state index is -1.06. The van der Waals surface area contributed by atoms with Gasteiger partial charge in [-0.25, -0.2) is 14.7 Å². The topological polar surface area (TPSA) is 56.7 Å². The van der Waals surface area contributed by atoms with Crippen LogP contribution in [0, 0.1) is 0 Å². The van der Waals surface area contributed by atoms with Crippen molar-refractivity contribution >= 4 is 34.9 Å². The van der Waals surface area contributed by atoms with E-state index in [9.17, 15) is 9.90 Å². The average molecular weight is 394 g/mol. The maximum absolute atomic E-state index is 11.9. The van der Waals surface area contributed by atoms with Gasteiger partial charge >= 0.3 is 6.09 Å². The third-order valence-corrected chi connectivity index (χ3v) is 5.18. The Balaban J connectivity index is 1.75. The molecule has 2 aromatic carbocycles. The number of halogens is 1. The predicted octanol–water partition coefficient (Wildman–Crippen LogP) is 5.82. The lowest BCUT2D eigenvalue weighted by atomic mass is 10.1. The third kappa shape index (κ3) is 3.66. The quantitative estimate of drug-likeness (QED) is 0.606. The molecule has 0 radical (unpaired) electrons. The summed E-state index contributed by atoms with van der Waals surface area (Å²) in [7, 11) is 0. The Hall–Kier alpha value is -3.05. The Morgan fingerprint density at radius 3 is 2.43 bits per heavy atom. The molecule has 142 valence electrons. The monoisotopic (exact) mass is 393 g/mol. The van der Waals surface area contributed by atoms with Crippen molar-refractivity contribution in [3.05, 3.63) is 71.8 Å². The van der Waals surface area contributed by atoms with Crippen molar-refractivity contribution in [1.29, 1.82) is 0 Å². The van der Waals surface area contributed by atoms with Crippen LogP contribution in [0.25, 0.3) is 11.3 Å². The van der Waals surface area contributed by atoms with Crippen LogP contribution in [0.15, 0.2) is 66.7 Å². The lowest BCUT2D eigenvalue weighted by Crippen LogP contribution is -2.23. The standard InChI is InChI=1S/C22H20ClN3O2/c23-19-12-11-17(26(22(27)28)16-7-2-1-3-8-16)15-18(19)20-9-6-10-21(24-20)25-13-4-5-14-25/h1-3,6-12,15H,4-5,13-14H2,(H,27,28). The van der Waals surface area contributed by atoms with Crippen LogP contribution >= 0.6 is 11.6 Å². The summed E-state index contributed by atoms with van der Waals surface area (Å²) in [6.45, 7) is 2.01. The first-order chi connectivity index (χ1) is 13.6. The van der Waals surface area contributed by atoms with Crippen LogP contribution < -0.4 is 9.80 Å². The number of amides is 1. The predicted molar refractivity (Wildman–Crippen MR) is 113 cm³/mol. The van der Waals surface area contributed by atoms with Gasteiger partial charge in [0.15, 0.2) is 0 Å². The summed E-state index contributed by atoms with van der Waals surface area (Å²) in [5, 5.41) is 10.3. The number of anilines is 3. The van der Waals surface area contributed by atoms with Gasteiger partial charge in [0.25, 0.3) is 0 Å². The van der Waals surface area contributed by atoms with Crippen molar-refractivity contribution in [2.75, 3.05) is 22.9 Å². The van der Waals surface area contributed by atoms with E-state index in [2.05, 4.69) is 4.90 Å². The van der Waals surface area contributed by atoms with Crippen LogP contribution in [-0.2, 0) is 0 Å². The molecular weight excluding hydrogens is 374 g/mol. The number of rotatable bonds is 4. The first-order valence-electron chi connectivity index (χ1n) is 9.23. The molecule has 0 atom stereocenters. The Morgan fingerprint density at radius 2 is 1.71 bits per heavy atom. The highest BCUT2D eigenvalue weighted by molar-refractivity contribution is 6.33. The largest absolute Gasteiger partial charge is 0.464 e. The molecule has 0 unspecified atom stereocenters. The number of para-hydroxylation sites is 1. The smallest absolute Gasteiger partial charge is 0.416 e. The second-order valence-electron chi connectivity index (χ2n) is 6.69. The van der Waals surface area contributed by atoms with Crippen molar-refractivity contribution in [2.45, 2.75) is 12.8 Å². The fourth-order valence-corrected chi connectivity index (χ4v) is 3.71. The number of hydrogen-bond donors (Lipinski definition) is 1. The van der Waals surface area contributed by atoms with E-state index in [0.29, 0.717) is 22.0 Å². The number of pyridine rings is 1. The SMILES string of the molecule is O=C(O)N(c1ccccc1)c1ccc(Cl)c(-c2cccc(N3CCCC3)n2)c1. The summed E-state index contributed by atoms with van der Waals surface area (Å²) in [5.41, 5.74) is 2.53. The van der Waals surface area contributed by atoms with Crippen LogP contribution in [0.3, 0.4) is 0 Å². The van der Waals surface area contributed by atoms with E-state index in [0.717, 1.165) is 24.6 Å². The van der Waals surface area contributed by atoms with Crippen molar-refractivity contribution in [3.8, 4) is 11.3 Å². The van der Waals surface area contributed by atoms with Gasteiger partial charge in [0.1, 0.15) is 5.82 Å². The molecule has 0 saturated carbocycles. The molecule has 0 spiro atoms. The molecular formula is C22H20ClN3O2. The third-order valence-electron chi connectivity index (χ3n) is 4.85. The van der Waals surface area contributed by atoms with Crippen molar-refractivity contribution in [1.82, 2.24) is 4.98 Å². The van der Waals surface area contributed by atoms with Gasteiger partial charge in [-0.1, -0.05) is 35.9 Å². The average Bonchev–Trinajstić information content (AvgIpc) is 3.25. The van der Waals surface area contributed by atoms with E-state index in [4.69, 9.17) is 16.6 Å². The zero-order valence-corrected chi connectivity index (χ0v) is 16.0. The Labute approximate surface area is 168 Å². The van der Waals surface area contributed by atoms with Gasteiger partial charge in [-0.05, 0) is 55.3 Å². The van der Waals surface area contributed by atoms with Crippen LogP contribution in [0.5, 0.6) is 0 Å². The van der Waals surface area contributed by atoms with Gasteiger partial charge < -0.3 is 10.0 Å². The lowest BCUT2D eigenvalue weighted by molar-refractivity contribution is 0.205. The first kappa shape index (κ1) is 18.3. The first-order valence-corrected chi connectivity index (χ1v) is 9.61. The zero-order valence-electron chi connectivity index (χ0n) is 15.3. The van der Waals surface area contributed by atoms with E-state index in [1.54, 1.807) is 30.3 Å². The van der Waals surface area contributed by atoms with Crippen LogP contribution in [-0.4, -0.2) is 29.3 Å². The summed E-state index contributed by atoms with van der Waals surface area (Å²) in [6, 6.07) is 20.1. The molecule has 2 heterocycles. The maximum atomic E-state index is 11.9. The minimum absolute atomic E-state index is 0.520. The van der Waals surface area contributed by atoms with Gasteiger partial charge in [0, 0.05) is 18.7 Å². The number of nitrogens with zero attached hydrogens (tertiary/aromatic N) is 3. The van der Waals surface area contributed by atoms with Gasteiger partial charge in [0.2, 0.25) is 0 Å². The van der Waals surface area contributed by atoms with Crippen molar-refractivity contribution < 1.29 is 9.90 Å². The second-order valence-corrected chi connectivity index (χ2v) is 7.10. The summed E-state index contributed by atoms with van der Waals surface area (Å²) >= 11 is 6.45. The van der Waals surface area contributed by atoms with Gasteiger partial charge in [-0.15, -0.1) is 0 Å². The molecule has 1 saturated heterocycles. The normalized spacial score (nSPS) is 13.5. The molecule has 1 N–H and O–H groups in total. The molecule has 0 aliphatic carbocycles. The fraction of sp³-hybridized carbons (Fsp3) is 0.182. The van der Waals surface area contributed by atoms with Gasteiger partial charge in [-0.2, -0.15) is 0 Å². The highest BCUT2D eigenvalue weighted by Crippen LogP contribution is 2.34. The lowest BCUT2D eigenvalue weighted by Gasteiger charge is -2.21. The molecule has 0 bridgehead atoms. The van der Waals surface area contributed by atoms with E-state index in [1.807, 2.05) is 36.4 Å². The number of aromatic nitrogens is 1. The number of carboxylic acid groups (broad SMARTS) is 1. The molecule has 1 fully saturated rings. The summed E-state index contributed by atoms with van der Waals surface area (Å²) in [4.78, 5) is 20.2. The van der Waals surface area contributed by atoms with E-state index >= 15 is 0 Å². The van der Waals surface area contributed by atoms with Gasteiger partial charge in [0.05, 0.1) is 22.1 Å². The van der Waals surface area contributed by atoms with E-state index in [-0.39, 0.29) is 0 Å². The zero-order chi connectivity index (χ0) is 19.5. The van der Waals surface area contributed by atoms with Crippen LogP contribution in [0.4, 0.5) is 22.0 Å². The second kappa shape index (κ2) is 7.90. The van der Waals surface area contributed by atoms with E-state index in [1.165, 1.54) is 17.7 Å². The summed E-state index contributed by atoms with van der Waals surface area (Å²) in [6.07, 6.45) is 1.29. The molecule has 1 amide bonds. The van der Waals surface area contributed by atoms with Crippen LogP contribution in [0.1, 0.15) is 12.8 Å². The number of carbonyl (C=O) groups is 1. The van der Waals surface area contributed by atoms with Crippen molar-refractivity contribution in [3.63, 3.8) is 0 Å². The van der Waals surface area contributed by atoms with Crippen molar-refractivity contribution in [2.24, 2.45) is 0 Å². The van der Waals surface area contributed by atoms with Crippen LogP contribution in [0.2, 0.25) is 5.02 Å². The molecule has 1 aliphatic rings. The molecule has 1 aliphatic heterocycles. The number of benzene rings is 2. The minimum Gasteiger partial charge on any atom is -0.464 e. The highest BCUT2D eigenvalue weighted by Gasteiger charge is 2.19. The Kier molecular flexibility index (Phi) is 5.17. The Bertz CT molecular complexity index is 988. The number of hydrogen-bond acceptors (Lipinski definition) is 3.